The van der Waals surface area contributed by atoms with E-state index in [9.17, 15) is 4.79 Å². The molecule has 3 N–H and O–H groups in total. The summed E-state index contributed by atoms with van der Waals surface area (Å²) in [6.07, 6.45) is 3.43. The molecule has 1 aromatic heterocycles. The summed E-state index contributed by atoms with van der Waals surface area (Å²) in [7, 11) is 0. The maximum absolute atomic E-state index is 11.0. The number of nitrogen functional groups attached to an aromatic ring is 1. The van der Waals surface area contributed by atoms with E-state index in [4.69, 9.17) is 10.8 Å². The summed E-state index contributed by atoms with van der Waals surface area (Å²) in [5, 5.41) is 8.99. The van der Waals surface area contributed by atoms with Gasteiger partial charge in [0.2, 0.25) is 0 Å². The quantitative estimate of drug-likeness (QED) is 0.886. The zero-order valence-electron chi connectivity index (χ0n) is 11.8. The van der Waals surface area contributed by atoms with Crippen LogP contribution in [0.3, 0.4) is 0 Å². The molecule has 21 heavy (non-hydrogen) atoms. The molecule has 0 radical (unpaired) electrons. The van der Waals surface area contributed by atoms with Crippen molar-refractivity contribution in [2.75, 3.05) is 17.2 Å². The maximum atomic E-state index is 11.0. The smallest absolute Gasteiger partial charge is 0.337 e. The van der Waals surface area contributed by atoms with E-state index in [0.29, 0.717) is 11.5 Å². The van der Waals surface area contributed by atoms with Gasteiger partial charge in [-0.25, -0.2) is 9.78 Å². The second-order valence-electron chi connectivity index (χ2n) is 5.33. The molecule has 0 aliphatic carbocycles. The van der Waals surface area contributed by atoms with Crippen LogP contribution in [-0.4, -0.2) is 22.6 Å². The van der Waals surface area contributed by atoms with Crippen LogP contribution in [0.2, 0.25) is 0 Å². The number of hydrogen-bond acceptors (Lipinski definition) is 4. The minimum Gasteiger partial charge on any atom is -0.478 e. The minimum atomic E-state index is -1.02. The van der Waals surface area contributed by atoms with Gasteiger partial charge in [0.05, 0.1) is 11.3 Å². The molecular weight excluding hydrogens is 266 g/mol. The van der Waals surface area contributed by atoms with E-state index >= 15 is 0 Å². The molecule has 0 spiro atoms. The van der Waals surface area contributed by atoms with Gasteiger partial charge in [-0.05, 0) is 37.5 Å². The number of aryl methyl sites for hydroxylation is 2. The Morgan fingerprint density at radius 2 is 2.19 bits per heavy atom. The molecule has 2 heterocycles. The molecule has 3 rings (SSSR count). The SMILES string of the molecule is Cc1ccc2c(c1)CCCN2c1ncc(C(=O)O)cc1N. The van der Waals surface area contributed by atoms with Crippen LogP contribution in [0, 0.1) is 6.92 Å². The standard InChI is InChI=1S/C16H17N3O2/c1-10-4-5-14-11(7-10)3-2-6-19(14)15-13(17)8-12(9-18-15)16(20)21/h4-5,7-9H,2-3,6,17H2,1H3,(H,20,21). The van der Waals surface area contributed by atoms with Crippen molar-refractivity contribution >= 4 is 23.2 Å². The van der Waals surface area contributed by atoms with Crippen LogP contribution in [0.1, 0.15) is 27.9 Å². The van der Waals surface area contributed by atoms with Crippen molar-refractivity contribution in [1.29, 1.82) is 0 Å². The number of aromatic carboxylic acids is 1. The molecule has 1 aliphatic rings. The summed E-state index contributed by atoms with van der Waals surface area (Å²) >= 11 is 0. The van der Waals surface area contributed by atoms with Crippen LogP contribution < -0.4 is 10.6 Å². The number of carbonyl (C=O) groups is 1. The van der Waals surface area contributed by atoms with Crippen LogP contribution in [0.4, 0.5) is 17.2 Å². The van der Waals surface area contributed by atoms with E-state index in [-0.39, 0.29) is 5.56 Å². The Bertz CT molecular complexity index is 713. The average molecular weight is 283 g/mol. The number of nitrogens with two attached hydrogens (primary N) is 1. The molecule has 5 nitrogen and oxygen atoms in total. The zero-order chi connectivity index (χ0) is 15.0. The fourth-order valence-corrected chi connectivity index (χ4v) is 2.76. The van der Waals surface area contributed by atoms with Crippen LogP contribution in [0.5, 0.6) is 0 Å². The van der Waals surface area contributed by atoms with Gasteiger partial charge in [0.1, 0.15) is 0 Å². The largest absolute Gasteiger partial charge is 0.478 e. The van der Waals surface area contributed by atoms with E-state index in [1.165, 1.54) is 23.4 Å². The van der Waals surface area contributed by atoms with Gasteiger partial charge >= 0.3 is 5.97 Å². The summed E-state index contributed by atoms with van der Waals surface area (Å²) in [5.74, 6) is -0.389. The third kappa shape index (κ3) is 2.42. The number of carboxylic acids is 1. The molecule has 0 bridgehead atoms. The lowest BCUT2D eigenvalue weighted by Crippen LogP contribution is -2.26. The topological polar surface area (TPSA) is 79.5 Å². The highest BCUT2D eigenvalue weighted by molar-refractivity contribution is 5.90. The Kier molecular flexibility index (Phi) is 3.25. The number of benzene rings is 1. The Hall–Kier alpha value is -2.56. The first kappa shape index (κ1) is 13.4. The first-order valence-corrected chi connectivity index (χ1v) is 6.92. The van der Waals surface area contributed by atoms with Crippen molar-refractivity contribution in [2.24, 2.45) is 0 Å². The lowest BCUT2D eigenvalue weighted by molar-refractivity contribution is 0.0696. The summed E-state index contributed by atoms with van der Waals surface area (Å²) in [5.41, 5.74) is 10.1. The van der Waals surface area contributed by atoms with Crippen LogP contribution in [0.15, 0.2) is 30.5 Å². The van der Waals surface area contributed by atoms with Gasteiger partial charge in [-0.3, -0.25) is 0 Å². The Morgan fingerprint density at radius 3 is 2.90 bits per heavy atom. The number of carboxylic acid groups (broad SMARTS) is 1. The first-order chi connectivity index (χ1) is 10.1. The van der Waals surface area contributed by atoms with E-state index in [1.807, 2.05) is 0 Å². The molecule has 0 fully saturated rings. The van der Waals surface area contributed by atoms with Gasteiger partial charge in [-0.2, -0.15) is 0 Å². The van der Waals surface area contributed by atoms with Gasteiger partial charge in [-0.1, -0.05) is 17.7 Å². The monoisotopic (exact) mass is 283 g/mol. The molecule has 5 heteroatoms. The highest BCUT2D eigenvalue weighted by Gasteiger charge is 2.21. The number of rotatable bonds is 2. The summed E-state index contributed by atoms with van der Waals surface area (Å²) in [6.45, 7) is 2.91. The molecule has 2 aromatic rings. The molecule has 108 valence electrons. The number of anilines is 3. The number of pyridine rings is 1. The third-order valence-electron chi connectivity index (χ3n) is 3.75. The van der Waals surface area contributed by atoms with Crippen molar-refractivity contribution < 1.29 is 9.90 Å². The van der Waals surface area contributed by atoms with Crippen LogP contribution in [0.25, 0.3) is 0 Å². The van der Waals surface area contributed by atoms with Crippen molar-refractivity contribution in [3.05, 3.63) is 47.2 Å². The van der Waals surface area contributed by atoms with Crippen LogP contribution >= 0.6 is 0 Å². The van der Waals surface area contributed by atoms with Gasteiger partial charge in [0, 0.05) is 18.4 Å². The number of aromatic nitrogens is 1. The molecule has 0 unspecified atom stereocenters. The normalized spacial score (nSPS) is 13.9. The maximum Gasteiger partial charge on any atom is 0.337 e. The summed E-state index contributed by atoms with van der Waals surface area (Å²) < 4.78 is 0. The lowest BCUT2D eigenvalue weighted by atomic mass is 9.99. The molecular formula is C16H17N3O2. The number of nitrogens with zero attached hydrogens (tertiary/aromatic N) is 2. The highest BCUT2D eigenvalue weighted by atomic mass is 16.4. The second kappa shape index (κ2) is 5.09. The fraction of sp³-hybridized carbons (Fsp3) is 0.250. The van der Waals surface area contributed by atoms with Crippen LogP contribution in [-0.2, 0) is 6.42 Å². The van der Waals surface area contributed by atoms with E-state index in [1.54, 1.807) is 0 Å². The Labute approximate surface area is 123 Å². The predicted octanol–water partition coefficient (Wildman–Crippen LogP) is 2.75. The highest BCUT2D eigenvalue weighted by Crippen LogP contribution is 2.35. The zero-order valence-corrected chi connectivity index (χ0v) is 11.8. The molecule has 1 aliphatic heterocycles. The van der Waals surface area contributed by atoms with E-state index < -0.39 is 5.97 Å². The van der Waals surface area contributed by atoms with Gasteiger partial charge in [-0.15, -0.1) is 0 Å². The minimum absolute atomic E-state index is 0.109. The number of hydrogen-bond donors (Lipinski definition) is 2. The Morgan fingerprint density at radius 1 is 1.38 bits per heavy atom. The molecule has 0 amide bonds. The lowest BCUT2D eigenvalue weighted by Gasteiger charge is -2.31. The second-order valence-corrected chi connectivity index (χ2v) is 5.33. The number of fused-ring (bicyclic) bond motifs is 1. The Balaban J connectivity index is 2.05. The van der Waals surface area contributed by atoms with E-state index in [0.717, 1.165) is 25.1 Å². The fourth-order valence-electron chi connectivity index (χ4n) is 2.76. The first-order valence-electron chi connectivity index (χ1n) is 6.92. The average Bonchev–Trinajstić information content (AvgIpc) is 2.46. The van der Waals surface area contributed by atoms with Gasteiger partial charge < -0.3 is 15.7 Å². The van der Waals surface area contributed by atoms with Crippen molar-refractivity contribution in [3.63, 3.8) is 0 Å². The van der Waals surface area contributed by atoms with Crippen molar-refractivity contribution in [2.45, 2.75) is 19.8 Å². The third-order valence-corrected chi connectivity index (χ3v) is 3.75. The summed E-state index contributed by atoms with van der Waals surface area (Å²) in [6, 6.07) is 7.80. The predicted molar refractivity (Wildman–Crippen MR) is 82.1 cm³/mol. The molecule has 0 atom stereocenters. The molecule has 0 saturated carbocycles. The molecule has 1 aromatic carbocycles. The summed E-state index contributed by atoms with van der Waals surface area (Å²) in [4.78, 5) is 17.3. The molecule has 0 saturated heterocycles. The van der Waals surface area contributed by atoms with E-state index in [2.05, 4.69) is 35.0 Å². The van der Waals surface area contributed by atoms with Gasteiger partial charge in [0.15, 0.2) is 5.82 Å². The van der Waals surface area contributed by atoms with Crippen molar-refractivity contribution in [1.82, 2.24) is 4.98 Å². The van der Waals surface area contributed by atoms with Crippen molar-refractivity contribution in [3.8, 4) is 0 Å². The van der Waals surface area contributed by atoms with Gasteiger partial charge in [0.25, 0.3) is 0 Å².